The molecule has 0 radical (unpaired) electrons. The quantitative estimate of drug-likeness (QED) is 0.605. The Bertz CT molecular complexity index is 564. The van der Waals surface area contributed by atoms with Crippen molar-refractivity contribution in [2.45, 2.75) is 5.75 Å². The van der Waals surface area contributed by atoms with Crippen molar-refractivity contribution in [1.82, 2.24) is 5.16 Å². The zero-order valence-electron chi connectivity index (χ0n) is 8.10. The van der Waals surface area contributed by atoms with Crippen molar-refractivity contribution >= 4 is 21.0 Å². The minimum Gasteiger partial charge on any atom is -0.564 e. The first-order chi connectivity index (χ1) is 6.56. The van der Waals surface area contributed by atoms with Crippen LogP contribution in [0.3, 0.4) is 0 Å². The van der Waals surface area contributed by atoms with E-state index in [1.54, 1.807) is 24.3 Å². The Morgan fingerprint density at radius 2 is 2.00 bits per heavy atom. The van der Waals surface area contributed by atoms with E-state index in [0.29, 0.717) is 11.0 Å². The van der Waals surface area contributed by atoms with E-state index in [4.69, 9.17) is 9.66 Å². The summed E-state index contributed by atoms with van der Waals surface area (Å²) < 4.78 is 26.4. The molecular weight excluding hydrogens is 227 g/mol. The van der Waals surface area contributed by atoms with Crippen molar-refractivity contribution < 1.29 is 42.5 Å². The molecule has 1 heterocycles. The van der Waals surface area contributed by atoms with Gasteiger partial charge in [-0.3, -0.25) is 0 Å². The van der Waals surface area contributed by atoms with Crippen LogP contribution in [-0.2, 0) is 15.8 Å². The van der Waals surface area contributed by atoms with E-state index in [1.807, 2.05) is 0 Å². The van der Waals surface area contributed by atoms with Gasteiger partial charge in [-0.1, -0.05) is 17.3 Å². The molecule has 0 aliphatic heterocycles. The maximum absolute atomic E-state index is 10.7. The monoisotopic (exact) mass is 234 g/mol. The number of hydrogen-bond donors (Lipinski definition) is 0. The largest absolute Gasteiger partial charge is 1.00 e. The maximum atomic E-state index is 10.7. The smallest absolute Gasteiger partial charge is 0.564 e. The van der Waals surface area contributed by atoms with E-state index < -0.39 is 15.8 Å². The summed E-state index contributed by atoms with van der Waals surface area (Å²) >= 11 is 0. The van der Waals surface area contributed by atoms with Crippen LogP contribution in [0.25, 0.3) is 16.1 Å². The fraction of sp³-hybridized carbons (Fsp3) is 0.125. The van der Waals surface area contributed by atoms with Crippen LogP contribution >= 0.6 is 0 Å². The molecule has 15 heavy (non-hydrogen) atoms. The van der Waals surface area contributed by atoms with Crippen molar-refractivity contribution in [2.24, 2.45) is 0 Å². The van der Waals surface area contributed by atoms with Crippen LogP contribution in [0.2, 0.25) is 0 Å². The first-order valence-corrected chi connectivity index (χ1v) is 5.52. The summed E-state index contributed by atoms with van der Waals surface area (Å²) in [5, 5.41) is 11.0. The normalized spacial score (nSPS) is 11.3. The Morgan fingerprint density at radius 1 is 1.33 bits per heavy atom. The van der Waals surface area contributed by atoms with Crippen LogP contribution in [0.4, 0.5) is 0 Å². The predicted molar refractivity (Wildman–Crippen MR) is 51.0 cm³/mol. The molecule has 1 N–H and O–H groups in total. The number of sulfonamides is 1. The number of hydrogen-bond acceptors (Lipinski definition) is 4. The summed E-state index contributed by atoms with van der Waals surface area (Å²) in [6, 6.07) is 6.95. The molecule has 0 saturated carbocycles. The van der Waals surface area contributed by atoms with Gasteiger partial charge in [-0.25, -0.2) is 8.42 Å². The molecule has 0 amide bonds. The molecule has 0 atom stereocenters. The summed E-state index contributed by atoms with van der Waals surface area (Å²) in [7, 11) is -3.81. The summed E-state index contributed by atoms with van der Waals surface area (Å²) in [5.74, 6) is -0.413. The Morgan fingerprint density at radius 3 is 2.67 bits per heavy atom. The average Bonchev–Trinajstić information content (AvgIpc) is 2.47. The van der Waals surface area contributed by atoms with Gasteiger partial charge in [0, 0.05) is 5.39 Å². The molecule has 0 bridgehead atoms. The number of benzene rings is 1. The molecule has 2 aromatic rings. The average molecular weight is 234 g/mol. The van der Waals surface area contributed by atoms with Gasteiger partial charge in [0.1, 0.15) is 5.69 Å². The molecular formula is C8H7N2NaO3S. The molecule has 2 rings (SSSR count). The van der Waals surface area contributed by atoms with Crippen LogP contribution in [-0.4, -0.2) is 13.6 Å². The van der Waals surface area contributed by atoms with Crippen molar-refractivity contribution in [2.75, 3.05) is 0 Å². The minimum atomic E-state index is -3.81. The van der Waals surface area contributed by atoms with Crippen LogP contribution in [0.1, 0.15) is 5.69 Å². The third kappa shape index (κ3) is 3.02. The van der Waals surface area contributed by atoms with E-state index in [9.17, 15) is 8.42 Å². The molecule has 7 heteroatoms. The Kier molecular flexibility index (Phi) is 3.91. The van der Waals surface area contributed by atoms with E-state index in [1.165, 1.54) is 0 Å². The van der Waals surface area contributed by atoms with Crippen LogP contribution < -0.4 is 29.6 Å². The van der Waals surface area contributed by atoms with Crippen LogP contribution in [0.15, 0.2) is 28.8 Å². The number of nitrogens with zero attached hydrogens (tertiary/aromatic N) is 1. The van der Waals surface area contributed by atoms with E-state index in [2.05, 4.69) is 5.16 Å². The Labute approximate surface area is 109 Å². The van der Waals surface area contributed by atoms with Crippen LogP contribution in [0, 0.1) is 0 Å². The summed E-state index contributed by atoms with van der Waals surface area (Å²) in [6.07, 6.45) is 0. The minimum absolute atomic E-state index is 0. The van der Waals surface area contributed by atoms with Crippen molar-refractivity contribution in [1.29, 1.82) is 0 Å². The third-order valence-electron chi connectivity index (χ3n) is 1.78. The second kappa shape index (κ2) is 4.63. The maximum Gasteiger partial charge on any atom is 1.00 e. The zero-order valence-corrected chi connectivity index (χ0v) is 10.9. The third-order valence-corrected chi connectivity index (χ3v) is 2.43. The van der Waals surface area contributed by atoms with E-state index in [-0.39, 0.29) is 35.3 Å². The molecule has 5 nitrogen and oxygen atoms in total. The molecule has 0 spiro atoms. The molecule has 0 fully saturated rings. The molecule has 1 aromatic heterocycles. The van der Waals surface area contributed by atoms with Gasteiger partial charge in [-0.15, -0.1) is 0 Å². The van der Waals surface area contributed by atoms with Gasteiger partial charge in [-0.05, 0) is 12.1 Å². The van der Waals surface area contributed by atoms with E-state index in [0.717, 1.165) is 0 Å². The Hall–Kier alpha value is -0.400. The van der Waals surface area contributed by atoms with Crippen LogP contribution in [0.5, 0.6) is 0 Å². The summed E-state index contributed by atoms with van der Waals surface area (Å²) in [5.41, 5.74) is 0.821. The predicted octanol–water partition coefficient (Wildman–Crippen LogP) is -1.29. The fourth-order valence-corrected chi connectivity index (χ4v) is 1.79. The summed E-state index contributed by atoms with van der Waals surface area (Å²) in [6.45, 7) is 0. The molecule has 0 saturated heterocycles. The van der Waals surface area contributed by atoms with Gasteiger partial charge in [0.15, 0.2) is 5.58 Å². The van der Waals surface area contributed by atoms with Gasteiger partial charge < -0.3 is 9.66 Å². The van der Waals surface area contributed by atoms with Crippen molar-refractivity contribution in [3.05, 3.63) is 35.1 Å². The van der Waals surface area contributed by atoms with E-state index >= 15 is 0 Å². The molecule has 74 valence electrons. The molecule has 0 unspecified atom stereocenters. The van der Waals surface area contributed by atoms with Gasteiger partial charge in [0.25, 0.3) is 0 Å². The summed E-state index contributed by atoms with van der Waals surface area (Å²) in [4.78, 5) is 0. The van der Waals surface area contributed by atoms with Gasteiger partial charge in [0.2, 0.25) is 0 Å². The zero-order chi connectivity index (χ0) is 10.2. The topological polar surface area (TPSA) is 84.0 Å². The van der Waals surface area contributed by atoms with Gasteiger partial charge >= 0.3 is 29.6 Å². The number of para-hydroxylation sites is 1. The van der Waals surface area contributed by atoms with Crippen molar-refractivity contribution in [3.63, 3.8) is 0 Å². The number of rotatable bonds is 2. The second-order valence-electron chi connectivity index (χ2n) is 2.88. The van der Waals surface area contributed by atoms with Crippen molar-refractivity contribution in [3.8, 4) is 0 Å². The first-order valence-electron chi connectivity index (χ1n) is 3.87. The second-order valence-corrected chi connectivity index (χ2v) is 4.40. The standard InChI is InChI=1S/C8H7N2O3S.Na/c9-14(11,12)5-7-6-3-1-2-4-8(6)13-10-7;/h1-4H,5H2,(H-,9,11,12);/q-1;+1. The molecule has 0 aliphatic rings. The van der Waals surface area contributed by atoms with Gasteiger partial charge in [0.05, 0.1) is 15.8 Å². The Balaban J connectivity index is 0.00000112. The molecule has 1 aromatic carbocycles. The SMILES string of the molecule is [NH-]S(=O)(=O)Cc1noc2ccccc12.[Na+]. The van der Waals surface area contributed by atoms with Gasteiger partial charge in [-0.2, -0.15) is 0 Å². The number of aromatic nitrogens is 1. The number of fused-ring (bicyclic) bond motifs is 1. The fourth-order valence-electron chi connectivity index (χ4n) is 1.22. The number of nitrogens with one attached hydrogen (secondary N) is 1. The molecule has 0 aliphatic carbocycles. The first kappa shape index (κ1) is 12.7.